The molecule has 0 aromatic heterocycles. The Morgan fingerprint density at radius 1 is 0.444 bits per heavy atom. The summed E-state index contributed by atoms with van der Waals surface area (Å²) in [4.78, 5) is 0. The lowest BCUT2D eigenvalue weighted by molar-refractivity contribution is 0.475. The van der Waals surface area contributed by atoms with Crippen molar-refractivity contribution in [3.63, 3.8) is 0 Å². The number of nitrogen functional groups attached to an aromatic ring is 2. The topological polar surface area (TPSA) is 72.3 Å². The Balaban J connectivity index is 0.000000156. The van der Waals surface area contributed by atoms with E-state index in [0.29, 0.717) is 0 Å². The summed E-state index contributed by atoms with van der Waals surface area (Å²) < 4.78 is 0. The first-order valence-electron chi connectivity index (χ1n) is 8.68. The van der Waals surface area contributed by atoms with Crippen LogP contribution in [0.25, 0.3) is 22.3 Å². The van der Waals surface area contributed by atoms with Crippen LogP contribution in [0.1, 0.15) is 0 Å². The van der Waals surface area contributed by atoms with Crippen LogP contribution in [0.2, 0.25) is 0 Å². The van der Waals surface area contributed by atoms with Gasteiger partial charge >= 0.3 is 0 Å². The summed E-state index contributed by atoms with van der Waals surface area (Å²) in [6.45, 7) is 0. The molecule has 134 valence electrons. The summed E-state index contributed by atoms with van der Waals surface area (Å²) in [6, 6.07) is 32.8. The van der Waals surface area contributed by atoms with Crippen molar-refractivity contribution >= 4 is 11.4 Å². The van der Waals surface area contributed by atoms with E-state index in [0.717, 1.165) is 22.5 Å². The first-order chi connectivity index (χ1) is 13.1. The van der Waals surface area contributed by atoms with Crippen molar-refractivity contribution < 1.29 is 5.11 Å². The molecule has 27 heavy (non-hydrogen) atoms. The number of nitrogens with two attached hydrogens (primary N) is 2. The van der Waals surface area contributed by atoms with Gasteiger partial charge in [0.05, 0.1) is 0 Å². The van der Waals surface area contributed by atoms with Crippen LogP contribution in [0.5, 0.6) is 5.75 Å². The number of benzene rings is 4. The van der Waals surface area contributed by atoms with Crippen LogP contribution in [0.3, 0.4) is 0 Å². The Morgan fingerprint density at radius 3 is 1.41 bits per heavy atom. The van der Waals surface area contributed by atoms with E-state index in [1.165, 1.54) is 11.1 Å². The predicted molar refractivity (Wildman–Crippen MR) is 114 cm³/mol. The molecule has 0 heterocycles. The fraction of sp³-hybridized carbons (Fsp3) is 0. The molecule has 0 atom stereocenters. The third-order valence-electron chi connectivity index (χ3n) is 4.06. The summed E-state index contributed by atoms with van der Waals surface area (Å²) in [7, 11) is 0. The molecule has 0 saturated carbocycles. The monoisotopic (exact) mass is 354 g/mol. The highest BCUT2D eigenvalue weighted by Crippen LogP contribution is 2.24. The summed E-state index contributed by atoms with van der Waals surface area (Å²) in [5, 5.41) is 9.31. The van der Waals surface area contributed by atoms with Crippen LogP contribution >= 0.6 is 0 Å². The highest BCUT2D eigenvalue weighted by molar-refractivity contribution is 5.68. The molecular formula is C24H22N2O. The lowest BCUT2D eigenvalue weighted by Crippen LogP contribution is -1.84. The molecule has 0 aliphatic rings. The van der Waals surface area contributed by atoms with E-state index in [-0.39, 0.29) is 5.75 Å². The Labute approximate surface area is 159 Å². The number of phenols is 1. The first-order valence-corrected chi connectivity index (χ1v) is 8.68. The average molecular weight is 354 g/mol. The van der Waals surface area contributed by atoms with Gasteiger partial charge in [0, 0.05) is 11.4 Å². The number of rotatable bonds is 2. The maximum absolute atomic E-state index is 9.31. The molecule has 3 nitrogen and oxygen atoms in total. The van der Waals surface area contributed by atoms with Crippen molar-refractivity contribution in [2.75, 3.05) is 11.5 Å². The van der Waals surface area contributed by atoms with Gasteiger partial charge in [0.15, 0.2) is 0 Å². The molecule has 4 aromatic rings. The minimum atomic E-state index is 0.268. The molecule has 0 spiro atoms. The Kier molecular flexibility index (Phi) is 5.75. The van der Waals surface area contributed by atoms with Crippen LogP contribution in [0.4, 0.5) is 11.4 Å². The predicted octanol–water partition coefficient (Wildman–Crippen LogP) is 5.58. The summed E-state index contributed by atoms with van der Waals surface area (Å²) >= 11 is 0. The molecule has 3 heteroatoms. The standard InChI is InChI=1S/C12H11NO.C12H11N/c13-11-5-1-3-9(7-11)10-4-2-6-12(14)8-10;13-12-8-4-7-11(9-12)10-5-2-1-3-6-10/h1-8,14H,13H2;1-9H,13H2. The van der Waals surface area contributed by atoms with E-state index in [9.17, 15) is 5.11 Å². The molecule has 0 radical (unpaired) electrons. The molecule has 4 aromatic carbocycles. The van der Waals surface area contributed by atoms with Crippen LogP contribution in [0, 0.1) is 0 Å². The Hall–Kier alpha value is -3.72. The van der Waals surface area contributed by atoms with Gasteiger partial charge in [-0.25, -0.2) is 0 Å². The van der Waals surface area contributed by atoms with Crippen molar-refractivity contribution in [2.45, 2.75) is 0 Å². The Morgan fingerprint density at radius 2 is 0.889 bits per heavy atom. The van der Waals surface area contributed by atoms with Crippen molar-refractivity contribution in [2.24, 2.45) is 0 Å². The normalized spacial score (nSPS) is 9.93. The maximum atomic E-state index is 9.31. The second kappa shape index (κ2) is 8.59. The van der Waals surface area contributed by atoms with Crippen molar-refractivity contribution in [1.29, 1.82) is 0 Å². The van der Waals surface area contributed by atoms with Gasteiger partial charge in [-0.2, -0.15) is 0 Å². The van der Waals surface area contributed by atoms with Gasteiger partial charge in [0.25, 0.3) is 0 Å². The number of hydrogen-bond acceptors (Lipinski definition) is 3. The zero-order valence-electron chi connectivity index (χ0n) is 14.9. The number of aromatic hydroxyl groups is 1. The first kappa shape index (κ1) is 18.1. The molecule has 0 amide bonds. The molecule has 5 N–H and O–H groups in total. The molecule has 4 rings (SSSR count). The van der Waals surface area contributed by atoms with Crippen molar-refractivity contribution in [3.05, 3.63) is 103 Å². The number of hydrogen-bond donors (Lipinski definition) is 3. The molecule has 0 unspecified atom stereocenters. The van der Waals surface area contributed by atoms with E-state index in [4.69, 9.17) is 11.5 Å². The van der Waals surface area contributed by atoms with Crippen LogP contribution in [-0.2, 0) is 0 Å². The van der Waals surface area contributed by atoms with Crippen molar-refractivity contribution in [1.82, 2.24) is 0 Å². The smallest absolute Gasteiger partial charge is 0.116 e. The molecule has 0 fully saturated rings. The van der Waals surface area contributed by atoms with Gasteiger partial charge in [-0.05, 0) is 58.7 Å². The van der Waals surface area contributed by atoms with Crippen LogP contribution in [-0.4, -0.2) is 5.11 Å². The van der Waals surface area contributed by atoms with E-state index in [2.05, 4.69) is 18.2 Å². The average Bonchev–Trinajstić information content (AvgIpc) is 2.69. The molecule has 0 aliphatic carbocycles. The highest BCUT2D eigenvalue weighted by atomic mass is 16.3. The SMILES string of the molecule is Nc1cccc(-c2cccc(O)c2)c1.Nc1cccc(-c2ccccc2)c1. The van der Waals surface area contributed by atoms with Crippen LogP contribution < -0.4 is 11.5 Å². The second-order valence-corrected chi connectivity index (χ2v) is 6.17. The van der Waals surface area contributed by atoms with Gasteiger partial charge in [0.1, 0.15) is 5.75 Å². The van der Waals surface area contributed by atoms with Crippen LogP contribution in [0.15, 0.2) is 103 Å². The largest absolute Gasteiger partial charge is 0.508 e. The van der Waals surface area contributed by atoms with Gasteiger partial charge in [0.2, 0.25) is 0 Å². The quantitative estimate of drug-likeness (QED) is 0.412. The summed E-state index contributed by atoms with van der Waals surface area (Å²) in [5.41, 5.74) is 17.3. The zero-order chi connectivity index (χ0) is 19.1. The zero-order valence-corrected chi connectivity index (χ0v) is 14.9. The molecule has 0 bridgehead atoms. The fourth-order valence-electron chi connectivity index (χ4n) is 2.75. The second-order valence-electron chi connectivity index (χ2n) is 6.17. The lowest BCUT2D eigenvalue weighted by atomic mass is 10.1. The third kappa shape index (κ3) is 5.13. The summed E-state index contributed by atoms with van der Waals surface area (Å²) in [5.74, 6) is 0.268. The fourth-order valence-corrected chi connectivity index (χ4v) is 2.75. The van der Waals surface area contributed by atoms with E-state index >= 15 is 0 Å². The molecule has 0 saturated heterocycles. The molecule has 0 aliphatic heterocycles. The van der Waals surface area contributed by atoms with E-state index in [1.54, 1.807) is 12.1 Å². The third-order valence-corrected chi connectivity index (χ3v) is 4.06. The van der Waals surface area contributed by atoms with Gasteiger partial charge in [-0.1, -0.05) is 66.7 Å². The minimum Gasteiger partial charge on any atom is -0.508 e. The van der Waals surface area contributed by atoms with E-state index < -0.39 is 0 Å². The van der Waals surface area contributed by atoms with E-state index in [1.807, 2.05) is 72.8 Å². The van der Waals surface area contributed by atoms with Gasteiger partial charge in [-0.3, -0.25) is 0 Å². The molecular weight excluding hydrogens is 332 g/mol. The van der Waals surface area contributed by atoms with Crippen molar-refractivity contribution in [3.8, 4) is 28.0 Å². The highest BCUT2D eigenvalue weighted by Gasteiger charge is 1.98. The number of anilines is 2. The maximum Gasteiger partial charge on any atom is 0.116 e. The van der Waals surface area contributed by atoms with Gasteiger partial charge in [-0.15, -0.1) is 0 Å². The van der Waals surface area contributed by atoms with Gasteiger partial charge < -0.3 is 16.6 Å². The lowest BCUT2D eigenvalue weighted by Gasteiger charge is -2.02. The summed E-state index contributed by atoms with van der Waals surface area (Å²) in [6.07, 6.45) is 0. The number of phenolic OH excluding ortho intramolecular Hbond substituents is 1. The Bertz CT molecular complexity index is 970. The minimum absolute atomic E-state index is 0.268.